The molecule has 0 aliphatic heterocycles. The molecule has 0 radical (unpaired) electrons. The number of hydrogen-bond acceptors (Lipinski definition) is 1. The largest absolute Gasteiger partial charge is 0.435 e. The number of rotatable bonds is 1. The van der Waals surface area contributed by atoms with Gasteiger partial charge in [-0.3, -0.25) is 4.68 Å². The lowest BCUT2D eigenvalue weighted by Crippen LogP contribution is -2.08. The molecule has 88 valence electrons. The van der Waals surface area contributed by atoms with E-state index in [0.717, 1.165) is 0 Å². The van der Waals surface area contributed by atoms with Gasteiger partial charge in [0, 0.05) is 17.8 Å². The van der Waals surface area contributed by atoms with E-state index in [1.807, 2.05) is 13.8 Å². The van der Waals surface area contributed by atoms with Gasteiger partial charge in [-0.15, -0.1) is 0 Å². The number of alkyl halides is 3. The summed E-state index contributed by atoms with van der Waals surface area (Å²) in [5.74, 6) is 0. The Labute approximate surface area is 88.1 Å². The van der Waals surface area contributed by atoms with Crippen LogP contribution in [0.1, 0.15) is 37.7 Å². The SMILES string of the molecule is CC.CCn1nc(C(F)(F)F)c(C)c1C. The highest BCUT2D eigenvalue weighted by Crippen LogP contribution is 2.31. The maximum atomic E-state index is 12.3. The fourth-order valence-corrected chi connectivity index (χ4v) is 1.21. The molecule has 0 N–H and O–H groups in total. The molecule has 1 aromatic rings. The standard InChI is InChI=1S/C8H11F3N2.C2H6/c1-4-13-6(3)5(2)7(12-13)8(9,10)11;1-2/h4H2,1-3H3;1-2H3. The maximum absolute atomic E-state index is 12.3. The third-order valence-corrected chi connectivity index (χ3v) is 2.07. The Hall–Kier alpha value is -1.00. The van der Waals surface area contributed by atoms with E-state index in [2.05, 4.69) is 5.10 Å². The van der Waals surface area contributed by atoms with Crippen LogP contribution in [0, 0.1) is 13.8 Å². The first-order valence-corrected chi connectivity index (χ1v) is 4.99. The van der Waals surface area contributed by atoms with E-state index >= 15 is 0 Å². The molecule has 0 spiro atoms. The minimum absolute atomic E-state index is 0.217. The number of nitrogens with zero attached hydrogens (tertiary/aromatic N) is 2. The number of aromatic nitrogens is 2. The van der Waals surface area contributed by atoms with Gasteiger partial charge < -0.3 is 0 Å². The van der Waals surface area contributed by atoms with E-state index < -0.39 is 11.9 Å². The molecule has 5 heteroatoms. The average Bonchev–Trinajstić information content (AvgIpc) is 2.46. The van der Waals surface area contributed by atoms with Crippen molar-refractivity contribution in [3.8, 4) is 0 Å². The highest BCUT2D eigenvalue weighted by atomic mass is 19.4. The Morgan fingerprint density at radius 1 is 1.20 bits per heavy atom. The monoisotopic (exact) mass is 222 g/mol. The van der Waals surface area contributed by atoms with Gasteiger partial charge in [-0.2, -0.15) is 18.3 Å². The Bertz CT molecular complexity index is 313. The van der Waals surface area contributed by atoms with Crippen molar-refractivity contribution in [3.63, 3.8) is 0 Å². The van der Waals surface area contributed by atoms with Crippen LogP contribution in [0.15, 0.2) is 0 Å². The predicted molar refractivity (Wildman–Crippen MR) is 53.7 cm³/mol. The van der Waals surface area contributed by atoms with Crippen molar-refractivity contribution in [2.45, 2.75) is 47.3 Å². The van der Waals surface area contributed by atoms with Crippen LogP contribution >= 0.6 is 0 Å². The van der Waals surface area contributed by atoms with E-state index in [9.17, 15) is 13.2 Å². The van der Waals surface area contributed by atoms with E-state index in [1.54, 1.807) is 13.8 Å². The molecule has 2 nitrogen and oxygen atoms in total. The van der Waals surface area contributed by atoms with Crippen molar-refractivity contribution in [2.24, 2.45) is 0 Å². The molecular formula is C10H17F3N2. The van der Waals surface area contributed by atoms with Gasteiger partial charge in [0.1, 0.15) is 0 Å². The summed E-state index contributed by atoms with van der Waals surface area (Å²) >= 11 is 0. The molecule has 15 heavy (non-hydrogen) atoms. The first kappa shape index (κ1) is 14.0. The van der Waals surface area contributed by atoms with Crippen LogP contribution in [0.3, 0.4) is 0 Å². The lowest BCUT2D eigenvalue weighted by Gasteiger charge is -2.02. The van der Waals surface area contributed by atoms with Gasteiger partial charge in [0.25, 0.3) is 0 Å². The summed E-state index contributed by atoms with van der Waals surface area (Å²) in [6, 6.07) is 0. The minimum atomic E-state index is -4.34. The van der Waals surface area contributed by atoms with Crippen molar-refractivity contribution in [1.29, 1.82) is 0 Å². The van der Waals surface area contributed by atoms with Gasteiger partial charge in [0.15, 0.2) is 5.69 Å². The van der Waals surface area contributed by atoms with Crippen LogP contribution in [0.25, 0.3) is 0 Å². The van der Waals surface area contributed by atoms with Gasteiger partial charge in [-0.1, -0.05) is 13.8 Å². The maximum Gasteiger partial charge on any atom is 0.435 e. The molecule has 1 heterocycles. The molecular weight excluding hydrogens is 205 g/mol. The molecule has 0 unspecified atom stereocenters. The molecule has 1 rings (SSSR count). The highest BCUT2D eigenvalue weighted by Gasteiger charge is 2.36. The van der Waals surface area contributed by atoms with Crippen LogP contribution < -0.4 is 0 Å². The third-order valence-electron chi connectivity index (χ3n) is 2.07. The summed E-state index contributed by atoms with van der Waals surface area (Å²) < 4.78 is 38.3. The van der Waals surface area contributed by atoms with Gasteiger partial charge in [0.05, 0.1) is 0 Å². The van der Waals surface area contributed by atoms with Crippen molar-refractivity contribution < 1.29 is 13.2 Å². The zero-order chi connectivity index (χ0) is 12.2. The van der Waals surface area contributed by atoms with Gasteiger partial charge in [-0.05, 0) is 20.8 Å². The third kappa shape index (κ3) is 2.97. The van der Waals surface area contributed by atoms with Crippen molar-refractivity contribution >= 4 is 0 Å². The van der Waals surface area contributed by atoms with E-state index in [-0.39, 0.29) is 5.56 Å². The summed E-state index contributed by atoms with van der Waals surface area (Å²) in [6.45, 7) is 9.31. The van der Waals surface area contributed by atoms with E-state index in [0.29, 0.717) is 12.2 Å². The zero-order valence-corrected chi connectivity index (χ0v) is 9.74. The van der Waals surface area contributed by atoms with E-state index in [1.165, 1.54) is 11.6 Å². The Balaban J connectivity index is 0.000000921. The van der Waals surface area contributed by atoms with Crippen molar-refractivity contribution in [2.75, 3.05) is 0 Å². The number of aryl methyl sites for hydroxylation is 1. The fourth-order valence-electron chi connectivity index (χ4n) is 1.21. The van der Waals surface area contributed by atoms with Crippen LogP contribution in [0.4, 0.5) is 13.2 Å². The van der Waals surface area contributed by atoms with Crippen LogP contribution in [0.5, 0.6) is 0 Å². The van der Waals surface area contributed by atoms with Crippen LogP contribution in [-0.4, -0.2) is 9.78 Å². The first-order valence-electron chi connectivity index (χ1n) is 4.99. The molecule has 0 bridgehead atoms. The summed E-state index contributed by atoms with van der Waals surface area (Å²) in [7, 11) is 0. The molecule has 0 aliphatic rings. The smallest absolute Gasteiger partial charge is 0.269 e. The molecule has 0 aliphatic carbocycles. The molecule has 0 saturated carbocycles. The second-order valence-corrected chi connectivity index (χ2v) is 2.87. The Kier molecular flexibility index (Phi) is 4.84. The lowest BCUT2D eigenvalue weighted by molar-refractivity contribution is -0.141. The van der Waals surface area contributed by atoms with Crippen molar-refractivity contribution in [1.82, 2.24) is 9.78 Å². The highest BCUT2D eigenvalue weighted by molar-refractivity contribution is 5.25. The molecule has 0 atom stereocenters. The predicted octanol–water partition coefficient (Wildman–Crippen LogP) is 3.56. The zero-order valence-electron chi connectivity index (χ0n) is 9.74. The Morgan fingerprint density at radius 3 is 1.87 bits per heavy atom. The normalized spacial score (nSPS) is 10.9. The second kappa shape index (κ2) is 5.19. The summed E-state index contributed by atoms with van der Waals surface area (Å²) in [4.78, 5) is 0. The fraction of sp³-hybridized carbons (Fsp3) is 0.700. The van der Waals surface area contributed by atoms with Gasteiger partial charge in [0.2, 0.25) is 0 Å². The van der Waals surface area contributed by atoms with Crippen LogP contribution in [0.2, 0.25) is 0 Å². The molecule has 0 aromatic carbocycles. The molecule has 0 amide bonds. The number of hydrogen-bond donors (Lipinski definition) is 0. The summed E-state index contributed by atoms with van der Waals surface area (Å²) in [5.41, 5.74) is 0.0241. The minimum Gasteiger partial charge on any atom is -0.269 e. The lowest BCUT2D eigenvalue weighted by atomic mass is 10.2. The number of halogens is 3. The van der Waals surface area contributed by atoms with Crippen LogP contribution in [-0.2, 0) is 12.7 Å². The topological polar surface area (TPSA) is 17.8 Å². The molecule has 0 saturated heterocycles. The van der Waals surface area contributed by atoms with Crippen molar-refractivity contribution in [3.05, 3.63) is 17.0 Å². The quantitative estimate of drug-likeness (QED) is 0.710. The van der Waals surface area contributed by atoms with E-state index in [4.69, 9.17) is 0 Å². The van der Waals surface area contributed by atoms with Gasteiger partial charge >= 0.3 is 6.18 Å². The first-order chi connectivity index (χ1) is 6.88. The summed E-state index contributed by atoms with van der Waals surface area (Å²) in [5, 5.41) is 3.49. The molecule has 1 aromatic heterocycles. The Morgan fingerprint density at radius 2 is 1.67 bits per heavy atom. The second-order valence-electron chi connectivity index (χ2n) is 2.87. The average molecular weight is 222 g/mol. The molecule has 0 fully saturated rings. The van der Waals surface area contributed by atoms with Gasteiger partial charge in [-0.25, -0.2) is 0 Å². The summed E-state index contributed by atoms with van der Waals surface area (Å²) in [6.07, 6.45) is -4.34.